The van der Waals surface area contributed by atoms with Gasteiger partial charge in [-0.1, -0.05) is 62.9 Å². The van der Waals surface area contributed by atoms with Crippen molar-refractivity contribution in [2.24, 2.45) is 5.84 Å². The van der Waals surface area contributed by atoms with Crippen molar-refractivity contribution in [1.82, 2.24) is 5.43 Å². The van der Waals surface area contributed by atoms with E-state index in [4.69, 9.17) is 40.6 Å². The molecule has 2 aromatic rings. The predicted molar refractivity (Wildman–Crippen MR) is 89.4 cm³/mol. The first kappa shape index (κ1) is 16.1. The standard InChI is InChI=1S/C14H12BrCl3N2/c15-9-3-1-6-12(18)14(9)13(20-19)7-8-10(16)4-2-5-11(8)17/h1-6,13,20H,7,19H2. The van der Waals surface area contributed by atoms with Crippen molar-refractivity contribution in [1.29, 1.82) is 0 Å². The van der Waals surface area contributed by atoms with Gasteiger partial charge in [0.15, 0.2) is 0 Å². The highest BCUT2D eigenvalue weighted by Crippen LogP contribution is 2.35. The molecule has 1 atom stereocenters. The number of halogens is 4. The Morgan fingerprint density at radius 1 is 1.00 bits per heavy atom. The summed E-state index contributed by atoms with van der Waals surface area (Å²) in [5.41, 5.74) is 4.49. The smallest absolute Gasteiger partial charge is 0.0527 e. The first-order valence-electron chi connectivity index (χ1n) is 5.87. The summed E-state index contributed by atoms with van der Waals surface area (Å²) in [5, 5.41) is 1.85. The molecule has 0 amide bonds. The third-order valence-electron chi connectivity index (χ3n) is 3.02. The van der Waals surface area contributed by atoms with Crippen molar-refractivity contribution >= 4 is 50.7 Å². The van der Waals surface area contributed by atoms with Crippen molar-refractivity contribution in [2.75, 3.05) is 0 Å². The molecule has 0 aliphatic carbocycles. The van der Waals surface area contributed by atoms with Crippen molar-refractivity contribution in [3.05, 3.63) is 67.1 Å². The topological polar surface area (TPSA) is 38.0 Å². The number of benzene rings is 2. The fourth-order valence-electron chi connectivity index (χ4n) is 2.02. The Morgan fingerprint density at radius 3 is 2.10 bits per heavy atom. The van der Waals surface area contributed by atoms with Gasteiger partial charge in [-0.15, -0.1) is 0 Å². The third kappa shape index (κ3) is 3.48. The second-order valence-corrected chi connectivity index (χ2v) is 6.33. The van der Waals surface area contributed by atoms with Crippen LogP contribution in [0.5, 0.6) is 0 Å². The van der Waals surface area contributed by atoms with Gasteiger partial charge < -0.3 is 0 Å². The maximum Gasteiger partial charge on any atom is 0.0527 e. The van der Waals surface area contributed by atoms with E-state index in [1.54, 1.807) is 12.1 Å². The van der Waals surface area contributed by atoms with Crippen LogP contribution in [0.25, 0.3) is 0 Å². The van der Waals surface area contributed by atoms with Crippen molar-refractivity contribution in [3.63, 3.8) is 0 Å². The highest BCUT2D eigenvalue weighted by molar-refractivity contribution is 9.10. The molecule has 0 aliphatic heterocycles. The molecule has 2 nitrogen and oxygen atoms in total. The highest BCUT2D eigenvalue weighted by atomic mass is 79.9. The fourth-order valence-corrected chi connectivity index (χ4v) is 3.63. The number of hydrogen-bond acceptors (Lipinski definition) is 2. The van der Waals surface area contributed by atoms with Gasteiger partial charge in [-0.2, -0.15) is 0 Å². The van der Waals surface area contributed by atoms with E-state index in [0.717, 1.165) is 15.6 Å². The van der Waals surface area contributed by atoms with Gasteiger partial charge in [-0.25, -0.2) is 0 Å². The molecule has 0 aliphatic rings. The zero-order valence-electron chi connectivity index (χ0n) is 10.3. The van der Waals surface area contributed by atoms with Crippen LogP contribution in [-0.2, 0) is 6.42 Å². The van der Waals surface area contributed by atoms with E-state index in [0.29, 0.717) is 21.5 Å². The van der Waals surface area contributed by atoms with Gasteiger partial charge in [0.25, 0.3) is 0 Å². The molecule has 0 aromatic heterocycles. The normalized spacial score (nSPS) is 12.4. The van der Waals surface area contributed by atoms with Crippen LogP contribution in [0.2, 0.25) is 15.1 Å². The number of rotatable bonds is 4. The molecule has 1 unspecified atom stereocenters. The molecule has 0 spiro atoms. The summed E-state index contributed by atoms with van der Waals surface area (Å²) in [6.45, 7) is 0. The van der Waals surface area contributed by atoms with E-state index < -0.39 is 0 Å². The molecule has 106 valence electrons. The molecular formula is C14H12BrCl3N2. The third-order valence-corrected chi connectivity index (χ3v) is 4.75. The van der Waals surface area contributed by atoms with Gasteiger partial charge in [0, 0.05) is 25.1 Å². The Bertz CT molecular complexity index is 579. The lowest BCUT2D eigenvalue weighted by Gasteiger charge is -2.20. The number of hydrazine groups is 1. The minimum absolute atomic E-state index is 0.199. The Balaban J connectivity index is 2.39. The SMILES string of the molecule is NNC(Cc1c(Cl)cccc1Cl)c1c(Cl)cccc1Br. The van der Waals surface area contributed by atoms with E-state index in [1.165, 1.54) is 0 Å². The fraction of sp³-hybridized carbons (Fsp3) is 0.143. The summed E-state index contributed by atoms with van der Waals surface area (Å²) in [7, 11) is 0. The second kappa shape index (κ2) is 7.12. The molecule has 0 saturated carbocycles. The van der Waals surface area contributed by atoms with Gasteiger partial charge >= 0.3 is 0 Å². The van der Waals surface area contributed by atoms with E-state index in [2.05, 4.69) is 21.4 Å². The van der Waals surface area contributed by atoms with Crippen LogP contribution in [0, 0.1) is 0 Å². The van der Waals surface area contributed by atoms with Crippen LogP contribution in [0.15, 0.2) is 40.9 Å². The van der Waals surface area contributed by atoms with Gasteiger partial charge in [-0.3, -0.25) is 11.3 Å². The Morgan fingerprint density at radius 2 is 1.55 bits per heavy atom. The summed E-state index contributed by atoms with van der Waals surface area (Å²) in [5.74, 6) is 5.67. The van der Waals surface area contributed by atoms with Gasteiger partial charge in [0.2, 0.25) is 0 Å². The largest absolute Gasteiger partial charge is 0.271 e. The van der Waals surface area contributed by atoms with Crippen molar-refractivity contribution in [3.8, 4) is 0 Å². The number of nitrogens with one attached hydrogen (secondary N) is 1. The quantitative estimate of drug-likeness (QED) is 0.555. The Labute approximate surface area is 141 Å². The van der Waals surface area contributed by atoms with Gasteiger partial charge in [0.1, 0.15) is 0 Å². The molecular weight excluding hydrogens is 382 g/mol. The lowest BCUT2D eigenvalue weighted by Crippen LogP contribution is -2.30. The van der Waals surface area contributed by atoms with Crippen molar-refractivity contribution < 1.29 is 0 Å². The number of nitrogens with two attached hydrogens (primary N) is 1. The lowest BCUT2D eigenvalue weighted by atomic mass is 9.99. The summed E-state index contributed by atoms with van der Waals surface area (Å²) in [6, 6.07) is 10.8. The van der Waals surface area contributed by atoms with Crippen LogP contribution in [0.4, 0.5) is 0 Å². The van der Waals surface area contributed by atoms with Crippen LogP contribution < -0.4 is 11.3 Å². The Hall–Kier alpha value is -0.290. The minimum Gasteiger partial charge on any atom is -0.271 e. The predicted octanol–water partition coefficient (Wildman–Crippen LogP) is 5.16. The molecule has 3 N–H and O–H groups in total. The van der Waals surface area contributed by atoms with Crippen LogP contribution in [0.1, 0.15) is 17.2 Å². The number of hydrogen-bond donors (Lipinski definition) is 2. The molecule has 2 rings (SSSR count). The summed E-state index contributed by atoms with van der Waals surface area (Å²) in [4.78, 5) is 0. The zero-order chi connectivity index (χ0) is 14.7. The lowest BCUT2D eigenvalue weighted by molar-refractivity contribution is 0.550. The van der Waals surface area contributed by atoms with Gasteiger partial charge in [-0.05, 0) is 36.2 Å². The molecule has 0 heterocycles. The molecule has 0 bridgehead atoms. The zero-order valence-corrected chi connectivity index (χ0v) is 14.2. The van der Waals surface area contributed by atoms with Crippen LogP contribution in [0.3, 0.4) is 0 Å². The van der Waals surface area contributed by atoms with E-state index in [-0.39, 0.29) is 6.04 Å². The molecule has 0 fully saturated rings. The second-order valence-electron chi connectivity index (χ2n) is 4.26. The summed E-state index contributed by atoms with van der Waals surface area (Å²) < 4.78 is 0.885. The van der Waals surface area contributed by atoms with Crippen molar-refractivity contribution in [2.45, 2.75) is 12.5 Å². The van der Waals surface area contributed by atoms with E-state index >= 15 is 0 Å². The van der Waals surface area contributed by atoms with Crippen LogP contribution >= 0.6 is 50.7 Å². The summed E-state index contributed by atoms with van der Waals surface area (Å²) >= 11 is 22.2. The Kier molecular flexibility index (Phi) is 5.73. The van der Waals surface area contributed by atoms with E-state index in [9.17, 15) is 0 Å². The maximum atomic E-state index is 6.26. The molecule has 0 saturated heterocycles. The first-order chi connectivity index (χ1) is 9.54. The summed E-state index contributed by atoms with van der Waals surface area (Å²) in [6.07, 6.45) is 0.539. The maximum absolute atomic E-state index is 6.26. The minimum atomic E-state index is -0.199. The van der Waals surface area contributed by atoms with E-state index in [1.807, 2.05) is 24.3 Å². The monoisotopic (exact) mass is 392 g/mol. The average Bonchev–Trinajstić information content (AvgIpc) is 2.40. The molecule has 2 aromatic carbocycles. The molecule has 0 radical (unpaired) electrons. The first-order valence-corrected chi connectivity index (χ1v) is 7.80. The molecule has 6 heteroatoms. The average molecular weight is 395 g/mol. The molecule has 20 heavy (non-hydrogen) atoms. The van der Waals surface area contributed by atoms with Gasteiger partial charge in [0.05, 0.1) is 6.04 Å². The van der Waals surface area contributed by atoms with Crippen LogP contribution in [-0.4, -0.2) is 0 Å². The highest BCUT2D eigenvalue weighted by Gasteiger charge is 2.19.